The van der Waals surface area contributed by atoms with Crippen molar-refractivity contribution in [2.24, 2.45) is 11.8 Å². The summed E-state index contributed by atoms with van der Waals surface area (Å²) < 4.78 is 0. The van der Waals surface area contributed by atoms with Crippen molar-refractivity contribution in [3.63, 3.8) is 0 Å². The number of hydrogen-bond donors (Lipinski definition) is 1. The third kappa shape index (κ3) is 5.66. The summed E-state index contributed by atoms with van der Waals surface area (Å²) >= 11 is 0. The van der Waals surface area contributed by atoms with Gasteiger partial charge >= 0.3 is 0 Å². The van der Waals surface area contributed by atoms with Crippen LogP contribution >= 0.6 is 0 Å². The average Bonchev–Trinajstić information content (AvgIpc) is 3.18. The molecule has 1 aromatic rings. The number of rotatable bonds is 8. The lowest BCUT2D eigenvalue weighted by Gasteiger charge is -2.28. The third-order valence-corrected chi connectivity index (χ3v) is 3.67. The maximum atomic E-state index is 4.78. The number of nitrogens with zero attached hydrogens (tertiary/aromatic N) is 2. The monoisotopic (exact) mass is 289 g/mol. The van der Waals surface area contributed by atoms with E-state index in [9.17, 15) is 0 Å². The van der Waals surface area contributed by atoms with Gasteiger partial charge in [0.1, 0.15) is 5.82 Å². The second-order valence-electron chi connectivity index (χ2n) is 7.32. The molecule has 0 unspecified atom stereocenters. The van der Waals surface area contributed by atoms with Gasteiger partial charge in [-0.05, 0) is 49.3 Å². The highest BCUT2D eigenvalue weighted by Crippen LogP contribution is 2.21. The third-order valence-electron chi connectivity index (χ3n) is 3.67. The van der Waals surface area contributed by atoms with Gasteiger partial charge in [-0.15, -0.1) is 0 Å². The lowest BCUT2D eigenvalue weighted by atomic mass is 10.1. The topological polar surface area (TPSA) is 28.2 Å². The fraction of sp³-hybridized carbons (Fsp3) is 0.722. The Labute approximate surface area is 130 Å². The molecule has 1 fully saturated rings. The Morgan fingerprint density at radius 2 is 1.76 bits per heavy atom. The zero-order valence-electron chi connectivity index (χ0n) is 14.3. The van der Waals surface area contributed by atoms with Gasteiger partial charge in [-0.2, -0.15) is 0 Å². The van der Waals surface area contributed by atoms with E-state index in [4.69, 9.17) is 4.98 Å². The summed E-state index contributed by atoms with van der Waals surface area (Å²) in [5.41, 5.74) is 2.49. The summed E-state index contributed by atoms with van der Waals surface area (Å²) in [6.07, 6.45) is 2.67. The van der Waals surface area contributed by atoms with Crippen molar-refractivity contribution in [1.82, 2.24) is 10.3 Å². The lowest BCUT2D eigenvalue weighted by molar-refractivity contribution is 0.548. The van der Waals surface area contributed by atoms with E-state index in [0.717, 1.165) is 37.2 Å². The molecule has 3 nitrogen and oxygen atoms in total. The van der Waals surface area contributed by atoms with Crippen LogP contribution in [0.15, 0.2) is 12.1 Å². The predicted molar refractivity (Wildman–Crippen MR) is 90.7 cm³/mol. The Hall–Kier alpha value is -1.09. The predicted octanol–water partition coefficient (Wildman–Crippen LogP) is 3.76. The first kappa shape index (κ1) is 16.3. The molecule has 3 heteroatoms. The second-order valence-corrected chi connectivity index (χ2v) is 7.32. The van der Waals surface area contributed by atoms with Crippen LogP contribution in [0.2, 0.25) is 0 Å². The Bertz CT molecular complexity index is 440. The van der Waals surface area contributed by atoms with Gasteiger partial charge in [0.25, 0.3) is 0 Å². The Morgan fingerprint density at radius 3 is 2.29 bits per heavy atom. The van der Waals surface area contributed by atoms with Crippen LogP contribution in [-0.2, 0) is 6.54 Å². The normalized spacial score (nSPS) is 15.0. The van der Waals surface area contributed by atoms with Gasteiger partial charge in [-0.25, -0.2) is 4.98 Å². The summed E-state index contributed by atoms with van der Waals surface area (Å²) in [5, 5.41) is 3.60. The molecule has 1 aliphatic rings. The molecule has 1 aliphatic carbocycles. The molecule has 0 bridgehead atoms. The van der Waals surface area contributed by atoms with Gasteiger partial charge < -0.3 is 10.2 Å². The van der Waals surface area contributed by atoms with E-state index in [1.54, 1.807) is 0 Å². The van der Waals surface area contributed by atoms with Gasteiger partial charge in [0.2, 0.25) is 0 Å². The first-order chi connectivity index (χ1) is 9.94. The minimum Gasteiger partial charge on any atom is -0.356 e. The van der Waals surface area contributed by atoms with Crippen LogP contribution in [0.25, 0.3) is 0 Å². The number of aryl methyl sites for hydroxylation is 1. The first-order valence-electron chi connectivity index (χ1n) is 8.40. The molecule has 0 saturated heterocycles. The van der Waals surface area contributed by atoms with Crippen molar-refractivity contribution in [3.8, 4) is 0 Å². The molecule has 21 heavy (non-hydrogen) atoms. The van der Waals surface area contributed by atoms with E-state index in [0.29, 0.717) is 11.8 Å². The second kappa shape index (κ2) is 7.26. The fourth-order valence-corrected chi connectivity index (χ4v) is 2.68. The van der Waals surface area contributed by atoms with Crippen molar-refractivity contribution in [2.45, 2.75) is 60.0 Å². The van der Waals surface area contributed by atoms with Crippen LogP contribution in [0, 0.1) is 18.8 Å². The van der Waals surface area contributed by atoms with Gasteiger partial charge in [-0.3, -0.25) is 0 Å². The molecule has 2 rings (SSSR count). The van der Waals surface area contributed by atoms with Gasteiger partial charge in [0.05, 0.1) is 0 Å². The molecule has 0 aromatic carbocycles. The summed E-state index contributed by atoms with van der Waals surface area (Å²) in [7, 11) is 0. The van der Waals surface area contributed by atoms with Crippen molar-refractivity contribution < 1.29 is 0 Å². The minimum absolute atomic E-state index is 0.652. The molecule has 0 radical (unpaired) electrons. The van der Waals surface area contributed by atoms with E-state index < -0.39 is 0 Å². The van der Waals surface area contributed by atoms with Crippen molar-refractivity contribution >= 4 is 5.82 Å². The molecule has 0 amide bonds. The zero-order chi connectivity index (χ0) is 15.4. The van der Waals surface area contributed by atoms with Crippen molar-refractivity contribution in [3.05, 3.63) is 23.4 Å². The molecule has 0 atom stereocenters. The Kier molecular flexibility index (Phi) is 5.63. The summed E-state index contributed by atoms with van der Waals surface area (Å²) in [5.74, 6) is 2.45. The molecule has 1 saturated carbocycles. The highest BCUT2D eigenvalue weighted by atomic mass is 15.2. The highest BCUT2D eigenvalue weighted by molar-refractivity contribution is 5.43. The van der Waals surface area contributed by atoms with E-state index in [-0.39, 0.29) is 0 Å². The number of pyridine rings is 1. The molecule has 0 aliphatic heterocycles. The SMILES string of the molecule is Cc1cc(CNC2CC2)cc(N(CC(C)C)CC(C)C)n1. The van der Waals surface area contributed by atoms with Crippen LogP contribution < -0.4 is 10.2 Å². The van der Waals surface area contributed by atoms with Gasteiger partial charge in [0.15, 0.2) is 0 Å². The maximum Gasteiger partial charge on any atom is 0.129 e. The van der Waals surface area contributed by atoms with Crippen LogP contribution in [-0.4, -0.2) is 24.1 Å². The molecule has 0 spiro atoms. The molecule has 118 valence electrons. The van der Waals surface area contributed by atoms with E-state index in [1.165, 1.54) is 18.4 Å². The van der Waals surface area contributed by atoms with Gasteiger partial charge in [-0.1, -0.05) is 27.7 Å². The van der Waals surface area contributed by atoms with E-state index >= 15 is 0 Å². The van der Waals surface area contributed by atoms with Crippen LogP contribution in [0.1, 0.15) is 51.8 Å². The fourth-order valence-electron chi connectivity index (χ4n) is 2.68. The summed E-state index contributed by atoms with van der Waals surface area (Å²) in [6, 6.07) is 5.24. The number of hydrogen-bond acceptors (Lipinski definition) is 3. The standard InChI is InChI=1S/C18H31N3/c1-13(2)11-21(12-14(3)4)18-9-16(8-15(5)20-18)10-19-17-6-7-17/h8-9,13-14,17,19H,6-7,10-12H2,1-5H3. The Balaban J connectivity index is 2.12. The van der Waals surface area contributed by atoms with Crippen molar-refractivity contribution in [1.29, 1.82) is 0 Å². The van der Waals surface area contributed by atoms with Crippen LogP contribution in [0.4, 0.5) is 5.82 Å². The summed E-state index contributed by atoms with van der Waals surface area (Å²) in [6.45, 7) is 14.3. The smallest absolute Gasteiger partial charge is 0.129 e. The number of aromatic nitrogens is 1. The number of nitrogens with one attached hydrogen (secondary N) is 1. The van der Waals surface area contributed by atoms with Crippen molar-refractivity contribution in [2.75, 3.05) is 18.0 Å². The number of anilines is 1. The quantitative estimate of drug-likeness (QED) is 0.790. The average molecular weight is 289 g/mol. The zero-order valence-corrected chi connectivity index (χ0v) is 14.3. The molecular weight excluding hydrogens is 258 g/mol. The summed E-state index contributed by atoms with van der Waals surface area (Å²) in [4.78, 5) is 7.23. The van der Waals surface area contributed by atoms with E-state index in [2.05, 4.69) is 57.0 Å². The Morgan fingerprint density at radius 1 is 1.14 bits per heavy atom. The largest absolute Gasteiger partial charge is 0.356 e. The molecular formula is C18H31N3. The maximum absolute atomic E-state index is 4.78. The van der Waals surface area contributed by atoms with Gasteiger partial charge in [0, 0.05) is 31.4 Å². The highest BCUT2D eigenvalue weighted by Gasteiger charge is 2.20. The van der Waals surface area contributed by atoms with Crippen LogP contribution in [0.3, 0.4) is 0 Å². The minimum atomic E-state index is 0.652. The molecule has 1 heterocycles. The first-order valence-corrected chi connectivity index (χ1v) is 8.40. The molecule has 1 aromatic heterocycles. The lowest BCUT2D eigenvalue weighted by Crippen LogP contribution is -2.32. The van der Waals surface area contributed by atoms with E-state index in [1.807, 2.05) is 0 Å². The molecule has 1 N–H and O–H groups in total. The van der Waals surface area contributed by atoms with Crippen LogP contribution in [0.5, 0.6) is 0 Å².